The van der Waals surface area contributed by atoms with Crippen LogP contribution in [0, 0.1) is 11.8 Å². The molecule has 194 valence electrons. The van der Waals surface area contributed by atoms with Crippen molar-refractivity contribution in [1.29, 1.82) is 0 Å². The maximum absolute atomic E-state index is 11.0. The lowest BCUT2D eigenvalue weighted by molar-refractivity contribution is -0.139. The van der Waals surface area contributed by atoms with Crippen LogP contribution < -0.4 is 4.74 Å². The largest absolute Gasteiger partial charge is 0.482 e. The number of aliphatic carboxylic acids is 1. The Morgan fingerprint density at radius 3 is 1.82 bits per heavy atom. The Morgan fingerprint density at radius 1 is 0.912 bits per heavy atom. The van der Waals surface area contributed by atoms with E-state index in [-0.39, 0.29) is 25.4 Å². The molecule has 9 heteroatoms. The highest BCUT2D eigenvalue weighted by Gasteiger charge is 2.16. The number of aromatic nitrogens is 1. The fraction of sp³-hybridized carbons (Fsp3) is 0.760. The number of hydrogen-bond donors (Lipinski definition) is 1. The van der Waals surface area contributed by atoms with Crippen molar-refractivity contribution in [2.75, 3.05) is 46.2 Å². The van der Waals surface area contributed by atoms with E-state index in [1.807, 2.05) is 0 Å². The lowest BCUT2D eigenvalue weighted by Gasteiger charge is -2.22. The van der Waals surface area contributed by atoms with E-state index in [4.69, 9.17) is 33.5 Å². The van der Waals surface area contributed by atoms with Gasteiger partial charge in [0.15, 0.2) is 6.61 Å². The first kappa shape index (κ1) is 28.5. The summed E-state index contributed by atoms with van der Waals surface area (Å²) in [5.74, 6) is 0.274. The molecular weight excluding hydrogens is 442 g/mol. The van der Waals surface area contributed by atoms with Crippen LogP contribution in [0.25, 0.3) is 0 Å². The molecule has 0 fully saturated rings. The Hall–Kier alpha value is -1.78. The van der Waals surface area contributed by atoms with Crippen LogP contribution in [0.1, 0.15) is 51.9 Å². The van der Waals surface area contributed by atoms with E-state index in [2.05, 4.69) is 32.7 Å². The van der Waals surface area contributed by atoms with Gasteiger partial charge in [-0.1, -0.05) is 27.7 Å². The van der Waals surface area contributed by atoms with Gasteiger partial charge in [-0.05, 0) is 24.7 Å². The molecule has 2 rings (SSSR count). The minimum Gasteiger partial charge on any atom is -0.482 e. The average molecular weight is 484 g/mol. The summed E-state index contributed by atoms with van der Waals surface area (Å²) in [5, 5.41) is 9.00. The van der Waals surface area contributed by atoms with E-state index < -0.39 is 12.6 Å². The van der Waals surface area contributed by atoms with Crippen molar-refractivity contribution >= 4 is 5.97 Å². The summed E-state index contributed by atoms with van der Waals surface area (Å²) in [6, 6.07) is 3.42. The van der Waals surface area contributed by atoms with Crippen LogP contribution in [0.4, 0.5) is 0 Å². The predicted molar refractivity (Wildman–Crippen MR) is 126 cm³/mol. The Bertz CT molecular complexity index is 666. The van der Waals surface area contributed by atoms with E-state index in [1.54, 1.807) is 12.1 Å². The molecule has 0 aliphatic carbocycles. The lowest BCUT2D eigenvalue weighted by Crippen LogP contribution is -2.25. The summed E-state index contributed by atoms with van der Waals surface area (Å²) >= 11 is 0. The zero-order valence-corrected chi connectivity index (χ0v) is 21.0. The van der Waals surface area contributed by atoms with Gasteiger partial charge in [-0.15, -0.1) is 0 Å². The van der Waals surface area contributed by atoms with Crippen molar-refractivity contribution in [3.05, 3.63) is 23.5 Å². The van der Waals surface area contributed by atoms with Crippen molar-refractivity contribution in [2.45, 2.75) is 66.0 Å². The second-order valence-electron chi connectivity index (χ2n) is 9.36. The molecule has 2 bridgehead atoms. The van der Waals surface area contributed by atoms with Gasteiger partial charge in [0.25, 0.3) is 0 Å². The van der Waals surface area contributed by atoms with Gasteiger partial charge in [-0.3, -0.25) is 4.98 Å². The fourth-order valence-electron chi connectivity index (χ4n) is 3.59. The van der Waals surface area contributed by atoms with Crippen LogP contribution in [0.3, 0.4) is 0 Å². The second kappa shape index (κ2) is 16.0. The monoisotopic (exact) mass is 483 g/mol. The Kier molecular flexibility index (Phi) is 13.4. The molecule has 9 nitrogen and oxygen atoms in total. The van der Waals surface area contributed by atoms with Crippen molar-refractivity contribution in [3.63, 3.8) is 0 Å². The molecule has 1 N–H and O–H groups in total. The van der Waals surface area contributed by atoms with E-state index in [0.717, 1.165) is 12.8 Å². The molecule has 2 atom stereocenters. The molecule has 0 unspecified atom stereocenters. The molecule has 0 aromatic carbocycles. The smallest absolute Gasteiger partial charge is 0.341 e. The van der Waals surface area contributed by atoms with Gasteiger partial charge < -0.3 is 33.5 Å². The highest BCUT2D eigenvalue weighted by molar-refractivity contribution is 5.68. The van der Waals surface area contributed by atoms with Gasteiger partial charge in [0.2, 0.25) is 0 Å². The van der Waals surface area contributed by atoms with Gasteiger partial charge >= 0.3 is 5.97 Å². The number of ether oxygens (including phenoxy) is 6. The molecule has 1 aliphatic rings. The summed E-state index contributed by atoms with van der Waals surface area (Å²) in [6.07, 6.45) is 1.50. The van der Waals surface area contributed by atoms with E-state index in [1.165, 1.54) is 0 Å². The number of hydrogen-bond acceptors (Lipinski definition) is 8. The first-order valence-electron chi connectivity index (χ1n) is 12.1. The summed E-state index contributed by atoms with van der Waals surface area (Å²) < 4.78 is 34.8. The molecule has 0 radical (unpaired) electrons. The number of pyridine rings is 1. The fourth-order valence-corrected chi connectivity index (χ4v) is 3.59. The van der Waals surface area contributed by atoms with E-state index in [0.29, 0.717) is 68.6 Å². The van der Waals surface area contributed by atoms with Gasteiger partial charge in [0, 0.05) is 12.1 Å². The zero-order valence-electron chi connectivity index (χ0n) is 21.0. The van der Waals surface area contributed by atoms with Crippen LogP contribution in [0.5, 0.6) is 5.75 Å². The van der Waals surface area contributed by atoms with Crippen molar-refractivity contribution < 1.29 is 38.3 Å². The summed E-state index contributed by atoms with van der Waals surface area (Å²) in [5.41, 5.74) is 1.30. The molecule has 2 heterocycles. The molecule has 34 heavy (non-hydrogen) atoms. The highest BCUT2D eigenvalue weighted by atomic mass is 16.6. The molecule has 1 aromatic heterocycles. The van der Waals surface area contributed by atoms with Crippen LogP contribution in [0.2, 0.25) is 0 Å². The van der Waals surface area contributed by atoms with Crippen LogP contribution in [-0.2, 0) is 41.7 Å². The Morgan fingerprint density at radius 2 is 1.38 bits per heavy atom. The number of carboxylic acid groups (broad SMARTS) is 1. The number of carbonyl (C=O) groups is 1. The Labute approximate surface area is 203 Å². The molecule has 1 aliphatic heterocycles. The number of nitrogens with zero attached hydrogens (tertiary/aromatic N) is 1. The van der Waals surface area contributed by atoms with Crippen molar-refractivity contribution in [3.8, 4) is 5.75 Å². The normalized spacial score (nSPS) is 21.7. The van der Waals surface area contributed by atoms with E-state index >= 15 is 0 Å². The first-order chi connectivity index (χ1) is 16.3. The van der Waals surface area contributed by atoms with Gasteiger partial charge in [-0.2, -0.15) is 0 Å². The molecule has 0 saturated carbocycles. The zero-order chi connectivity index (χ0) is 24.8. The van der Waals surface area contributed by atoms with Crippen LogP contribution >= 0.6 is 0 Å². The molecule has 0 saturated heterocycles. The third kappa shape index (κ3) is 12.6. The van der Waals surface area contributed by atoms with Crippen molar-refractivity contribution in [1.82, 2.24) is 4.98 Å². The summed E-state index contributed by atoms with van der Waals surface area (Å²) in [4.78, 5) is 15.7. The standard InChI is InChI=1S/C25H41NO8/c1-18(2)9-23-15-30-7-5-29-6-8-31-16-24(10-19(3)4)33-14-21-12-22(34-17-25(27)28)11-20(26-21)13-32-23/h11-12,18-19,23-24H,5-10,13-17H2,1-4H3,(H,27,28)/t23-,24-/m0/s1. The first-order valence-corrected chi connectivity index (χ1v) is 12.1. The maximum Gasteiger partial charge on any atom is 0.341 e. The molecule has 0 amide bonds. The van der Waals surface area contributed by atoms with Crippen molar-refractivity contribution in [2.24, 2.45) is 11.8 Å². The van der Waals surface area contributed by atoms with Crippen LogP contribution in [-0.4, -0.2) is 74.5 Å². The average Bonchev–Trinajstić information content (AvgIpc) is 2.77. The second-order valence-corrected chi connectivity index (χ2v) is 9.36. The quantitative estimate of drug-likeness (QED) is 0.624. The maximum atomic E-state index is 11.0. The third-order valence-electron chi connectivity index (χ3n) is 5.02. The summed E-state index contributed by atoms with van der Waals surface area (Å²) in [7, 11) is 0. The Balaban J connectivity index is 2.18. The number of fused-ring (bicyclic) bond motifs is 2. The lowest BCUT2D eigenvalue weighted by atomic mass is 10.1. The van der Waals surface area contributed by atoms with E-state index in [9.17, 15) is 4.79 Å². The molecule has 1 aromatic rings. The van der Waals surface area contributed by atoms with Gasteiger partial charge in [0.1, 0.15) is 5.75 Å². The molecule has 0 spiro atoms. The highest BCUT2D eigenvalue weighted by Crippen LogP contribution is 2.19. The SMILES string of the molecule is CC(C)C[C@H]1COCCOCCOC[C@H](CC(C)C)OCc2cc(OCC(=O)O)cc(n2)CO1. The third-order valence-corrected chi connectivity index (χ3v) is 5.02. The van der Waals surface area contributed by atoms with Gasteiger partial charge in [-0.25, -0.2) is 4.79 Å². The number of rotatable bonds is 7. The minimum atomic E-state index is -1.04. The minimum absolute atomic E-state index is 0.0947. The van der Waals surface area contributed by atoms with Gasteiger partial charge in [0.05, 0.1) is 76.5 Å². The van der Waals surface area contributed by atoms with Crippen LogP contribution in [0.15, 0.2) is 12.1 Å². The number of carboxylic acids is 1. The summed E-state index contributed by atoms with van der Waals surface area (Å²) in [6.45, 7) is 11.5. The topological polar surface area (TPSA) is 106 Å². The molecular formula is C25H41NO8. The predicted octanol–water partition coefficient (Wildman–Crippen LogP) is 3.47.